The van der Waals surface area contributed by atoms with Crippen molar-refractivity contribution < 1.29 is 0 Å². The average Bonchev–Trinajstić information content (AvgIpc) is 2.68. The molecule has 0 saturated carbocycles. The van der Waals surface area contributed by atoms with Crippen molar-refractivity contribution in [2.75, 3.05) is 0 Å². The Balaban J connectivity index is 1.93. The van der Waals surface area contributed by atoms with Crippen molar-refractivity contribution in [3.05, 3.63) is 103 Å². The minimum atomic E-state index is 0.594. The normalized spacial score (nSPS) is 17.6. The first-order chi connectivity index (χ1) is 13.1. The van der Waals surface area contributed by atoms with Crippen molar-refractivity contribution in [3.8, 4) is 0 Å². The number of halogens is 1. The highest BCUT2D eigenvalue weighted by molar-refractivity contribution is 6.30. The topological polar surface area (TPSA) is 0 Å². The SMILES string of the molecule is Cc1ccccc1C1=c2ccc3c(c2C(C)CC1)CC=c1c(Cl)cccc1=3. The molecule has 3 aromatic rings. The quantitative estimate of drug-likeness (QED) is 0.540. The second-order valence-corrected chi connectivity index (χ2v) is 8.30. The van der Waals surface area contributed by atoms with Crippen LogP contribution < -0.4 is 10.4 Å². The van der Waals surface area contributed by atoms with Gasteiger partial charge in [-0.1, -0.05) is 73.1 Å². The van der Waals surface area contributed by atoms with Gasteiger partial charge in [-0.2, -0.15) is 0 Å². The second-order valence-electron chi connectivity index (χ2n) is 7.90. The summed E-state index contributed by atoms with van der Waals surface area (Å²) < 4.78 is 0. The standard InChI is InChI=1S/C26H23Cl/c1-16-6-3-4-7-18(16)20-11-10-17(2)26-23(20)14-12-21-19-8-5-9-25(27)22(19)13-15-24(21)26/h3-9,12-14,17H,10-11,15H2,1-2H3. The summed E-state index contributed by atoms with van der Waals surface area (Å²) in [6.07, 6.45) is 5.66. The number of hydrogen-bond acceptors (Lipinski definition) is 0. The molecule has 0 aromatic heterocycles. The van der Waals surface area contributed by atoms with Crippen LogP contribution in [-0.2, 0) is 6.42 Å². The summed E-state index contributed by atoms with van der Waals surface area (Å²) >= 11 is 6.47. The van der Waals surface area contributed by atoms with E-state index in [1.165, 1.54) is 49.6 Å². The lowest BCUT2D eigenvalue weighted by Crippen LogP contribution is -2.25. The summed E-state index contributed by atoms with van der Waals surface area (Å²) in [5, 5.41) is 6.16. The van der Waals surface area contributed by atoms with Gasteiger partial charge >= 0.3 is 0 Å². The minimum Gasteiger partial charge on any atom is -0.0837 e. The van der Waals surface area contributed by atoms with E-state index in [2.05, 4.69) is 68.5 Å². The summed E-state index contributed by atoms with van der Waals surface area (Å²) in [7, 11) is 0. The summed E-state index contributed by atoms with van der Waals surface area (Å²) in [6, 6.07) is 19.8. The van der Waals surface area contributed by atoms with Crippen molar-refractivity contribution in [2.24, 2.45) is 0 Å². The smallest absolute Gasteiger partial charge is 0.0481 e. The molecule has 0 heterocycles. The third kappa shape index (κ3) is 2.58. The molecule has 2 aliphatic carbocycles. The Morgan fingerprint density at radius 2 is 1.70 bits per heavy atom. The zero-order valence-corrected chi connectivity index (χ0v) is 16.6. The third-order valence-electron chi connectivity index (χ3n) is 6.33. The van der Waals surface area contributed by atoms with Crippen LogP contribution in [0, 0.1) is 17.4 Å². The molecule has 2 aliphatic rings. The van der Waals surface area contributed by atoms with E-state index in [1.54, 1.807) is 5.56 Å². The van der Waals surface area contributed by atoms with Gasteiger partial charge in [0.05, 0.1) is 0 Å². The first kappa shape index (κ1) is 16.8. The summed E-state index contributed by atoms with van der Waals surface area (Å²) in [5.74, 6) is 0.594. The average molecular weight is 371 g/mol. The maximum atomic E-state index is 6.47. The highest BCUT2D eigenvalue weighted by Crippen LogP contribution is 2.33. The molecule has 0 spiro atoms. The van der Waals surface area contributed by atoms with Crippen molar-refractivity contribution in [1.82, 2.24) is 0 Å². The van der Waals surface area contributed by atoms with E-state index in [1.807, 2.05) is 6.07 Å². The number of rotatable bonds is 1. The molecular formula is C26H23Cl. The Hall–Kier alpha value is -2.31. The van der Waals surface area contributed by atoms with E-state index in [0.29, 0.717) is 5.92 Å². The van der Waals surface area contributed by atoms with Crippen LogP contribution in [-0.4, -0.2) is 0 Å². The Morgan fingerprint density at radius 3 is 2.56 bits per heavy atom. The lowest BCUT2D eigenvalue weighted by atomic mass is 9.78. The van der Waals surface area contributed by atoms with Gasteiger partial charge in [0.1, 0.15) is 0 Å². The van der Waals surface area contributed by atoms with Crippen LogP contribution in [0.25, 0.3) is 11.6 Å². The fraction of sp³-hybridized carbons (Fsp3) is 0.231. The fourth-order valence-corrected chi connectivity index (χ4v) is 5.23. The summed E-state index contributed by atoms with van der Waals surface area (Å²) in [6.45, 7) is 4.62. The Morgan fingerprint density at radius 1 is 0.889 bits per heavy atom. The van der Waals surface area contributed by atoms with Crippen molar-refractivity contribution in [3.63, 3.8) is 0 Å². The van der Waals surface area contributed by atoms with Gasteiger partial charge in [0.15, 0.2) is 0 Å². The van der Waals surface area contributed by atoms with Gasteiger partial charge in [-0.3, -0.25) is 0 Å². The van der Waals surface area contributed by atoms with Gasteiger partial charge < -0.3 is 0 Å². The van der Waals surface area contributed by atoms with Gasteiger partial charge in [0, 0.05) is 5.02 Å². The van der Waals surface area contributed by atoms with Crippen LogP contribution in [0.4, 0.5) is 0 Å². The molecule has 1 atom stereocenters. The highest BCUT2D eigenvalue weighted by atomic mass is 35.5. The molecule has 3 aromatic carbocycles. The molecule has 0 saturated heterocycles. The van der Waals surface area contributed by atoms with Crippen LogP contribution in [0.3, 0.4) is 0 Å². The Bertz CT molecular complexity index is 1280. The number of hydrogen-bond donors (Lipinski definition) is 0. The number of fused-ring (bicyclic) bond motifs is 4. The molecule has 1 heteroatoms. The molecule has 0 aliphatic heterocycles. The van der Waals surface area contributed by atoms with Gasteiger partial charge in [-0.15, -0.1) is 0 Å². The molecule has 27 heavy (non-hydrogen) atoms. The first-order valence-corrected chi connectivity index (χ1v) is 10.2. The monoisotopic (exact) mass is 370 g/mol. The lowest BCUT2D eigenvalue weighted by Gasteiger charge is -2.26. The molecule has 134 valence electrons. The van der Waals surface area contributed by atoms with Gasteiger partial charge in [0.25, 0.3) is 0 Å². The molecule has 5 rings (SSSR count). The van der Waals surface area contributed by atoms with E-state index < -0.39 is 0 Å². The molecule has 0 fully saturated rings. The van der Waals surface area contributed by atoms with Crippen molar-refractivity contribution in [1.29, 1.82) is 0 Å². The number of benzene rings is 3. The fourth-order valence-electron chi connectivity index (χ4n) is 4.98. The molecule has 0 nitrogen and oxygen atoms in total. The zero-order valence-electron chi connectivity index (χ0n) is 15.9. The van der Waals surface area contributed by atoms with Crippen molar-refractivity contribution >= 4 is 23.3 Å². The predicted molar refractivity (Wildman–Crippen MR) is 114 cm³/mol. The van der Waals surface area contributed by atoms with Crippen molar-refractivity contribution in [2.45, 2.75) is 39.0 Å². The van der Waals surface area contributed by atoms with E-state index in [9.17, 15) is 0 Å². The second kappa shape index (κ2) is 6.39. The van der Waals surface area contributed by atoms with Crippen LogP contribution >= 0.6 is 11.6 Å². The predicted octanol–water partition coefficient (Wildman–Crippen LogP) is 5.37. The molecule has 0 N–H and O–H groups in total. The number of aryl methyl sites for hydroxylation is 1. The van der Waals surface area contributed by atoms with E-state index in [0.717, 1.165) is 17.9 Å². The van der Waals surface area contributed by atoms with E-state index in [-0.39, 0.29) is 0 Å². The zero-order chi connectivity index (χ0) is 18.5. The molecular weight excluding hydrogens is 348 g/mol. The van der Waals surface area contributed by atoms with Crippen LogP contribution in [0.15, 0.2) is 54.6 Å². The molecule has 0 amide bonds. The Kier molecular flexibility index (Phi) is 3.98. The maximum absolute atomic E-state index is 6.47. The first-order valence-electron chi connectivity index (χ1n) is 9.85. The minimum absolute atomic E-state index is 0.594. The summed E-state index contributed by atoms with van der Waals surface area (Å²) in [5.41, 5.74) is 7.35. The van der Waals surface area contributed by atoms with Crippen LogP contribution in [0.2, 0.25) is 5.02 Å². The molecule has 0 bridgehead atoms. The molecule has 1 unspecified atom stereocenters. The van der Waals surface area contributed by atoms with E-state index >= 15 is 0 Å². The highest BCUT2D eigenvalue weighted by Gasteiger charge is 2.22. The van der Waals surface area contributed by atoms with E-state index in [4.69, 9.17) is 11.6 Å². The van der Waals surface area contributed by atoms with Gasteiger partial charge in [-0.25, -0.2) is 0 Å². The van der Waals surface area contributed by atoms with Gasteiger partial charge in [0.2, 0.25) is 0 Å². The third-order valence-corrected chi connectivity index (χ3v) is 6.66. The van der Waals surface area contributed by atoms with Crippen LogP contribution in [0.5, 0.6) is 0 Å². The lowest BCUT2D eigenvalue weighted by molar-refractivity contribution is 0.667. The summed E-state index contributed by atoms with van der Waals surface area (Å²) in [4.78, 5) is 0. The van der Waals surface area contributed by atoms with Crippen LogP contribution in [0.1, 0.15) is 47.9 Å². The Labute approximate surface area is 165 Å². The molecule has 0 radical (unpaired) electrons. The largest absolute Gasteiger partial charge is 0.0837 e. The van der Waals surface area contributed by atoms with Gasteiger partial charge in [-0.05, 0) is 86.9 Å². The maximum Gasteiger partial charge on any atom is 0.0481 e.